The highest BCUT2D eigenvalue weighted by molar-refractivity contribution is 6.31. The molecule has 0 aromatic heterocycles. The van der Waals surface area contributed by atoms with Crippen molar-refractivity contribution >= 4 is 34.8 Å². The fourth-order valence-electron chi connectivity index (χ4n) is 4.49. The second-order valence-electron chi connectivity index (χ2n) is 7.76. The molecule has 2 amide bonds. The van der Waals surface area contributed by atoms with Crippen LogP contribution in [-0.2, 0) is 14.4 Å². The van der Waals surface area contributed by atoms with E-state index in [9.17, 15) is 9.59 Å². The van der Waals surface area contributed by atoms with Gasteiger partial charge in [0.05, 0.1) is 17.4 Å². The maximum atomic E-state index is 13.6. The van der Waals surface area contributed by atoms with E-state index in [2.05, 4.69) is 0 Å². The molecule has 3 atom stereocenters. The zero-order chi connectivity index (χ0) is 21.8. The van der Waals surface area contributed by atoms with E-state index in [-0.39, 0.29) is 12.7 Å². The molecule has 32 heavy (non-hydrogen) atoms. The first-order valence-corrected chi connectivity index (χ1v) is 10.5. The van der Waals surface area contributed by atoms with Gasteiger partial charge in [0.2, 0.25) is 12.7 Å². The lowest BCUT2D eigenvalue weighted by atomic mass is 9.90. The molecule has 3 aliphatic rings. The fourth-order valence-corrected chi connectivity index (χ4v) is 4.62. The highest BCUT2D eigenvalue weighted by Crippen LogP contribution is 2.49. The first-order chi connectivity index (χ1) is 15.6. The van der Waals surface area contributed by atoms with Crippen LogP contribution in [0.5, 0.6) is 11.5 Å². The van der Waals surface area contributed by atoms with E-state index >= 15 is 0 Å². The van der Waals surface area contributed by atoms with Crippen molar-refractivity contribution in [2.24, 2.45) is 5.92 Å². The van der Waals surface area contributed by atoms with Gasteiger partial charge >= 0.3 is 0 Å². The lowest BCUT2D eigenvalue weighted by molar-refractivity contribution is -0.126. The normalized spacial score (nSPS) is 23.7. The van der Waals surface area contributed by atoms with Gasteiger partial charge in [-0.3, -0.25) is 14.4 Å². The monoisotopic (exact) mass is 448 g/mol. The molecule has 160 valence electrons. The molecule has 0 aliphatic carbocycles. The van der Waals surface area contributed by atoms with E-state index in [4.69, 9.17) is 25.9 Å². The minimum absolute atomic E-state index is 0.149. The number of fused-ring (bicyclic) bond motifs is 2. The number of para-hydroxylation sites is 1. The molecule has 0 saturated carbocycles. The summed E-state index contributed by atoms with van der Waals surface area (Å²) in [5, 5.41) is 2.18. The number of hydrogen-bond acceptors (Lipinski definition) is 6. The Kier molecular flexibility index (Phi) is 4.34. The highest BCUT2D eigenvalue weighted by atomic mass is 35.5. The predicted molar refractivity (Wildman–Crippen MR) is 117 cm³/mol. The number of nitrogens with zero attached hydrogens (tertiary/aromatic N) is 2. The highest BCUT2D eigenvalue weighted by Gasteiger charge is 2.60. The summed E-state index contributed by atoms with van der Waals surface area (Å²) in [6.07, 6.45) is -0.936. The first kappa shape index (κ1) is 19.2. The average Bonchev–Trinajstić information content (AvgIpc) is 3.50. The molecule has 8 heteroatoms. The summed E-state index contributed by atoms with van der Waals surface area (Å²) < 4.78 is 11.0. The van der Waals surface area contributed by atoms with Crippen molar-refractivity contribution in [3.8, 4) is 11.5 Å². The second-order valence-corrected chi connectivity index (χ2v) is 8.20. The summed E-state index contributed by atoms with van der Waals surface area (Å²) in [6, 6.07) is 21.1. The third kappa shape index (κ3) is 2.86. The van der Waals surface area contributed by atoms with E-state index in [0.717, 1.165) is 11.3 Å². The maximum absolute atomic E-state index is 13.6. The Morgan fingerprint density at radius 1 is 0.812 bits per heavy atom. The number of rotatable bonds is 3. The summed E-state index contributed by atoms with van der Waals surface area (Å²) in [5.74, 6) is -0.189. The van der Waals surface area contributed by atoms with Crippen molar-refractivity contribution in [1.29, 1.82) is 0 Å². The number of carbonyl (C=O) groups is 2. The zero-order valence-electron chi connectivity index (χ0n) is 16.7. The SMILES string of the molecule is O=C1C2ON(c3ccccc3)C(c3ccc4c(c3)OCO4)C2C(=O)N1c1ccc(Cl)cc1. The number of halogens is 1. The number of benzene rings is 3. The number of anilines is 2. The summed E-state index contributed by atoms with van der Waals surface area (Å²) >= 11 is 5.98. The Morgan fingerprint density at radius 2 is 1.56 bits per heavy atom. The minimum Gasteiger partial charge on any atom is -0.454 e. The second kappa shape index (κ2) is 7.25. The molecule has 3 aromatic carbocycles. The summed E-state index contributed by atoms with van der Waals surface area (Å²) in [7, 11) is 0. The molecule has 0 N–H and O–H groups in total. The quantitative estimate of drug-likeness (QED) is 0.561. The zero-order valence-corrected chi connectivity index (χ0v) is 17.4. The number of amides is 2. The molecule has 3 aromatic rings. The van der Waals surface area contributed by atoms with Crippen molar-refractivity contribution in [3.05, 3.63) is 83.4 Å². The number of carbonyl (C=O) groups excluding carboxylic acids is 2. The molecule has 3 heterocycles. The first-order valence-electron chi connectivity index (χ1n) is 10.2. The lowest BCUT2D eigenvalue weighted by Crippen LogP contribution is -2.37. The summed E-state index contributed by atoms with van der Waals surface area (Å²) in [4.78, 5) is 34.2. The number of hydroxylamine groups is 1. The molecule has 0 bridgehead atoms. The van der Waals surface area contributed by atoms with E-state index < -0.39 is 24.0 Å². The van der Waals surface area contributed by atoms with Gasteiger partial charge in [-0.15, -0.1) is 0 Å². The standard InChI is InChI=1S/C24H17ClN2O5/c25-15-7-9-16(10-8-15)26-23(28)20-21(14-6-11-18-19(12-14)31-13-30-18)27(32-22(20)24(26)29)17-4-2-1-3-5-17/h1-12,20-22H,13H2. The van der Waals surface area contributed by atoms with Crippen LogP contribution in [0.25, 0.3) is 0 Å². The largest absolute Gasteiger partial charge is 0.454 e. The molecule has 3 aliphatic heterocycles. The Balaban J connectivity index is 1.44. The van der Waals surface area contributed by atoms with Gasteiger partial charge in [-0.05, 0) is 54.1 Å². The van der Waals surface area contributed by atoms with Crippen LogP contribution in [0.4, 0.5) is 11.4 Å². The van der Waals surface area contributed by atoms with Crippen LogP contribution < -0.4 is 19.4 Å². The van der Waals surface area contributed by atoms with Gasteiger partial charge in [-0.2, -0.15) is 0 Å². The smallest absolute Gasteiger partial charge is 0.266 e. The molecule has 3 unspecified atom stereocenters. The Labute approximate surface area is 188 Å². The van der Waals surface area contributed by atoms with Crippen molar-refractivity contribution in [2.45, 2.75) is 12.1 Å². The number of ether oxygens (including phenoxy) is 2. The van der Waals surface area contributed by atoms with E-state index in [0.29, 0.717) is 22.2 Å². The van der Waals surface area contributed by atoms with Crippen molar-refractivity contribution < 1.29 is 23.9 Å². The molecule has 2 fully saturated rings. The van der Waals surface area contributed by atoms with Gasteiger partial charge in [0.1, 0.15) is 5.92 Å². The van der Waals surface area contributed by atoms with Crippen LogP contribution in [0.15, 0.2) is 72.8 Å². The van der Waals surface area contributed by atoms with Crippen LogP contribution in [-0.4, -0.2) is 24.7 Å². The molecule has 6 rings (SSSR count). The summed E-state index contributed by atoms with van der Waals surface area (Å²) in [6.45, 7) is 0.149. The van der Waals surface area contributed by atoms with Crippen molar-refractivity contribution in [1.82, 2.24) is 0 Å². The van der Waals surface area contributed by atoms with E-state index in [1.54, 1.807) is 29.3 Å². The molecule has 7 nitrogen and oxygen atoms in total. The van der Waals surface area contributed by atoms with Crippen molar-refractivity contribution in [2.75, 3.05) is 16.8 Å². The van der Waals surface area contributed by atoms with Gasteiger partial charge in [-0.1, -0.05) is 35.9 Å². The van der Waals surface area contributed by atoms with Gasteiger partial charge < -0.3 is 9.47 Å². The van der Waals surface area contributed by atoms with Crippen LogP contribution in [0.1, 0.15) is 11.6 Å². The Bertz CT molecular complexity index is 1220. The van der Waals surface area contributed by atoms with Crippen LogP contribution >= 0.6 is 11.6 Å². The van der Waals surface area contributed by atoms with Crippen LogP contribution in [0, 0.1) is 5.92 Å². The van der Waals surface area contributed by atoms with Crippen molar-refractivity contribution in [3.63, 3.8) is 0 Å². The van der Waals surface area contributed by atoms with E-state index in [1.165, 1.54) is 4.90 Å². The Morgan fingerprint density at radius 3 is 2.34 bits per heavy atom. The lowest BCUT2D eigenvalue weighted by Gasteiger charge is -2.28. The third-order valence-corrected chi connectivity index (χ3v) is 6.20. The average molecular weight is 449 g/mol. The van der Waals surface area contributed by atoms with Crippen LogP contribution in [0.3, 0.4) is 0 Å². The molecule has 2 saturated heterocycles. The van der Waals surface area contributed by atoms with Gasteiger partial charge in [0.25, 0.3) is 5.91 Å². The molecule has 0 radical (unpaired) electrons. The fraction of sp³-hybridized carbons (Fsp3) is 0.167. The third-order valence-electron chi connectivity index (χ3n) is 5.95. The summed E-state index contributed by atoms with van der Waals surface area (Å²) in [5.41, 5.74) is 2.02. The minimum atomic E-state index is -0.936. The molecule has 0 spiro atoms. The topological polar surface area (TPSA) is 68.3 Å². The number of hydrogen-bond donors (Lipinski definition) is 0. The van der Waals surface area contributed by atoms with E-state index in [1.807, 2.05) is 48.5 Å². The molecular weight excluding hydrogens is 432 g/mol. The maximum Gasteiger partial charge on any atom is 0.266 e. The Hall–Kier alpha value is -3.55. The number of imide groups is 1. The molecular formula is C24H17ClN2O5. The van der Waals surface area contributed by atoms with Gasteiger partial charge in [-0.25, -0.2) is 9.96 Å². The van der Waals surface area contributed by atoms with Gasteiger partial charge in [0, 0.05) is 5.02 Å². The van der Waals surface area contributed by atoms with Crippen LogP contribution in [0.2, 0.25) is 5.02 Å². The predicted octanol–water partition coefficient (Wildman–Crippen LogP) is 4.12. The van der Waals surface area contributed by atoms with Gasteiger partial charge in [0.15, 0.2) is 17.6 Å².